The first-order valence-electron chi connectivity index (χ1n) is 10.4. The highest BCUT2D eigenvalue weighted by Crippen LogP contribution is 2.31. The largest absolute Gasteiger partial charge is 0.495 e. The van der Waals surface area contributed by atoms with Gasteiger partial charge >= 0.3 is 5.97 Å². The number of hydrogen-bond donors (Lipinski definition) is 1. The van der Waals surface area contributed by atoms with Gasteiger partial charge in [-0.3, -0.25) is 9.10 Å². The van der Waals surface area contributed by atoms with Crippen molar-refractivity contribution in [2.75, 3.05) is 23.8 Å². The molecule has 1 atom stereocenters. The molecule has 0 aromatic heterocycles. The Morgan fingerprint density at radius 2 is 1.56 bits per heavy atom. The summed E-state index contributed by atoms with van der Waals surface area (Å²) in [4.78, 5) is 24.9. The van der Waals surface area contributed by atoms with Gasteiger partial charge in [0.1, 0.15) is 5.75 Å². The summed E-state index contributed by atoms with van der Waals surface area (Å²) in [5.74, 6) is -0.804. The van der Waals surface area contributed by atoms with Crippen molar-refractivity contribution >= 4 is 33.3 Å². The first-order chi connectivity index (χ1) is 16.1. The molecule has 0 aliphatic heterocycles. The average molecular weight is 483 g/mol. The van der Waals surface area contributed by atoms with E-state index >= 15 is 0 Å². The minimum absolute atomic E-state index is 0.0113. The van der Waals surface area contributed by atoms with Crippen LogP contribution in [0.5, 0.6) is 5.75 Å². The van der Waals surface area contributed by atoms with Gasteiger partial charge in [-0.25, -0.2) is 13.2 Å². The van der Waals surface area contributed by atoms with Crippen LogP contribution in [0, 0.1) is 6.92 Å². The molecule has 3 aromatic carbocycles. The highest BCUT2D eigenvalue weighted by molar-refractivity contribution is 7.92. The van der Waals surface area contributed by atoms with E-state index in [0.717, 1.165) is 9.87 Å². The highest BCUT2D eigenvalue weighted by atomic mass is 32.2. The van der Waals surface area contributed by atoms with Gasteiger partial charge in [0.05, 0.1) is 23.3 Å². The Morgan fingerprint density at radius 3 is 2.21 bits per heavy atom. The second kappa shape index (κ2) is 10.4. The second-order valence-corrected chi connectivity index (χ2v) is 9.49. The first kappa shape index (κ1) is 24.8. The summed E-state index contributed by atoms with van der Waals surface area (Å²) >= 11 is 0. The summed E-state index contributed by atoms with van der Waals surface area (Å²) in [7, 11) is -1.02. The van der Waals surface area contributed by atoms with Crippen molar-refractivity contribution in [2.45, 2.75) is 24.8 Å². The average Bonchev–Trinajstić information content (AvgIpc) is 2.84. The molecule has 1 amide bonds. The topological polar surface area (TPSA) is 102 Å². The van der Waals surface area contributed by atoms with Crippen molar-refractivity contribution in [3.8, 4) is 5.75 Å². The molecular weight excluding hydrogens is 456 g/mol. The molecule has 0 saturated heterocycles. The molecule has 0 saturated carbocycles. The maximum Gasteiger partial charge on any atom is 0.338 e. The molecule has 0 aliphatic carbocycles. The lowest BCUT2D eigenvalue weighted by atomic mass is 10.2. The van der Waals surface area contributed by atoms with Gasteiger partial charge in [0, 0.05) is 12.7 Å². The predicted molar refractivity (Wildman–Crippen MR) is 130 cm³/mol. The van der Waals surface area contributed by atoms with Gasteiger partial charge in [-0.15, -0.1) is 0 Å². The Bertz CT molecular complexity index is 1290. The molecule has 34 heavy (non-hydrogen) atoms. The molecule has 8 nitrogen and oxygen atoms in total. The van der Waals surface area contributed by atoms with Gasteiger partial charge in [-0.1, -0.05) is 30.3 Å². The molecule has 0 fully saturated rings. The van der Waals surface area contributed by atoms with E-state index in [1.54, 1.807) is 36.4 Å². The number of benzene rings is 3. The fourth-order valence-corrected chi connectivity index (χ4v) is 4.38. The van der Waals surface area contributed by atoms with Crippen LogP contribution in [0.25, 0.3) is 0 Å². The van der Waals surface area contributed by atoms with Crippen LogP contribution in [-0.2, 0) is 19.6 Å². The van der Waals surface area contributed by atoms with E-state index in [1.807, 2.05) is 19.1 Å². The standard InChI is InChI=1S/C25H26N2O6S/c1-17-9-5-6-10-21(17)26-24(28)18(2)33-25(29)19-13-15-20(16-14-19)34(30,31)27(3)22-11-7-8-12-23(22)32-4/h5-16,18H,1-4H3,(H,26,28)/t18-/m1/s1. The molecule has 0 spiro atoms. The number of methoxy groups -OCH3 is 1. The van der Waals surface area contributed by atoms with Crippen LogP contribution in [0.1, 0.15) is 22.8 Å². The molecular formula is C25H26N2O6S. The molecule has 0 radical (unpaired) electrons. The first-order valence-corrected chi connectivity index (χ1v) is 11.9. The predicted octanol–water partition coefficient (Wildman–Crippen LogP) is 4.01. The highest BCUT2D eigenvalue weighted by Gasteiger charge is 2.25. The summed E-state index contributed by atoms with van der Waals surface area (Å²) < 4.78 is 37.7. The van der Waals surface area contributed by atoms with Crippen LogP contribution in [0.4, 0.5) is 11.4 Å². The Morgan fingerprint density at radius 1 is 0.941 bits per heavy atom. The lowest BCUT2D eigenvalue weighted by molar-refractivity contribution is -0.123. The molecule has 3 aromatic rings. The number of rotatable bonds is 8. The summed E-state index contributed by atoms with van der Waals surface area (Å²) in [6, 6.07) is 19.3. The van der Waals surface area contributed by atoms with E-state index in [9.17, 15) is 18.0 Å². The Balaban J connectivity index is 1.70. The zero-order valence-electron chi connectivity index (χ0n) is 19.3. The number of nitrogens with one attached hydrogen (secondary N) is 1. The smallest absolute Gasteiger partial charge is 0.338 e. The lowest BCUT2D eigenvalue weighted by Gasteiger charge is -2.21. The number of anilines is 2. The number of amides is 1. The van der Waals surface area contributed by atoms with Crippen molar-refractivity contribution in [2.24, 2.45) is 0 Å². The molecule has 0 heterocycles. The number of nitrogens with zero attached hydrogens (tertiary/aromatic N) is 1. The number of carbonyl (C=O) groups excluding carboxylic acids is 2. The molecule has 9 heteroatoms. The fourth-order valence-electron chi connectivity index (χ4n) is 3.17. The van der Waals surface area contributed by atoms with Gasteiger partial charge in [0.2, 0.25) is 0 Å². The van der Waals surface area contributed by atoms with E-state index in [2.05, 4.69) is 5.32 Å². The zero-order valence-corrected chi connectivity index (χ0v) is 20.1. The van der Waals surface area contributed by atoms with E-state index in [4.69, 9.17) is 9.47 Å². The Kier molecular flexibility index (Phi) is 7.57. The van der Waals surface area contributed by atoms with Crippen molar-refractivity contribution in [1.29, 1.82) is 0 Å². The monoisotopic (exact) mass is 482 g/mol. The number of hydrogen-bond acceptors (Lipinski definition) is 6. The van der Waals surface area contributed by atoms with E-state index < -0.39 is 28.0 Å². The van der Waals surface area contributed by atoms with Crippen LogP contribution >= 0.6 is 0 Å². The summed E-state index contributed by atoms with van der Waals surface area (Å²) in [5.41, 5.74) is 2.00. The fraction of sp³-hybridized carbons (Fsp3) is 0.200. The SMILES string of the molecule is COc1ccccc1N(C)S(=O)(=O)c1ccc(C(=O)O[C@H](C)C(=O)Nc2ccccc2C)cc1. The minimum Gasteiger partial charge on any atom is -0.495 e. The third kappa shape index (κ3) is 5.37. The van der Waals surface area contributed by atoms with Crippen molar-refractivity contribution in [3.05, 3.63) is 83.9 Å². The number of ether oxygens (including phenoxy) is 2. The van der Waals surface area contributed by atoms with Crippen molar-refractivity contribution in [1.82, 2.24) is 0 Å². The van der Waals surface area contributed by atoms with Crippen LogP contribution in [0.3, 0.4) is 0 Å². The molecule has 0 aliphatic rings. The Labute approximate surface area is 199 Å². The quantitative estimate of drug-likeness (QED) is 0.487. The van der Waals surface area contributed by atoms with E-state index in [1.165, 1.54) is 45.3 Å². The van der Waals surface area contributed by atoms with E-state index in [0.29, 0.717) is 17.1 Å². The van der Waals surface area contributed by atoms with Crippen LogP contribution in [0.15, 0.2) is 77.7 Å². The van der Waals surface area contributed by atoms with Gasteiger partial charge < -0.3 is 14.8 Å². The maximum atomic E-state index is 13.1. The number of sulfonamides is 1. The summed E-state index contributed by atoms with van der Waals surface area (Å²) in [6.45, 7) is 3.32. The number of carbonyl (C=O) groups is 2. The van der Waals surface area contributed by atoms with Crippen LogP contribution < -0.4 is 14.4 Å². The normalized spacial score (nSPS) is 11.9. The van der Waals surface area contributed by atoms with Crippen LogP contribution in [0.2, 0.25) is 0 Å². The Hall–Kier alpha value is -3.85. The third-order valence-corrected chi connectivity index (χ3v) is 7.01. The molecule has 1 N–H and O–H groups in total. The molecule has 178 valence electrons. The molecule has 0 bridgehead atoms. The summed E-state index contributed by atoms with van der Waals surface area (Å²) in [6.07, 6.45) is -1.05. The van der Waals surface area contributed by atoms with Gasteiger partial charge in [0.15, 0.2) is 6.10 Å². The van der Waals surface area contributed by atoms with Crippen molar-refractivity contribution in [3.63, 3.8) is 0 Å². The zero-order chi connectivity index (χ0) is 24.9. The number of aryl methyl sites for hydroxylation is 1. The molecule has 3 rings (SSSR count). The third-order valence-electron chi connectivity index (χ3n) is 5.23. The maximum absolute atomic E-state index is 13.1. The minimum atomic E-state index is -3.91. The van der Waals surface area contributed by atoms with Crippen molar-refractivity contribution < 1.29 is 27.5 Å². The summed E-state index contributed by atoms with van der Waals surface area (Å²) in [5, 5.41) is 2.72. The van der Waals surface area contributed by atoms with E-state index in [-0.39, 0.29) is 10.5 Å². The lowest BCUT2D eigenvalue weighted by Crippen LogP contribution is -2.30. The van der Waals surface area contributed by atoms with Gasteiger partial charge in [-0.05, 0) is 61.9 Å². The second-order valence-electron chi connectivity index (χ2n) is 7.52. The van der Waals surface area contributed by atoms with Gasteiger partial charge in [-0.2, -0.15) is 0 Å². The van der Waals surface area contributed by atoms with Crippen LogP contribution in [-0.4, -0.2) is 40.6 Å². The molecule has 0 unspecified atom stereocenters. The number of esters is 1. The number of para-hydroxylation sites is 3. The van der Waals surface area contributed by atoms with Gasteiger partial charge in [0.25, 0.3) is 15.9 Å².